The lowest BCUT2D eigenvalue weighted by Crippen LogP contribution is -2.59. The minimum atomic E-state index is -0.282. The van der Waals surface area contributed by atoms with Gasteiger partial charge in [-0.3, -0.25) is 14.7 Å². The van der Waals surface area contributed by atoms with Crippen LogP contribution in [0, 0.1) is 0 Å². The van der Waals surface area contributed by atoms with Gasteiger partial charge in [0.05, 0.1) is 6.54 Å². The molecule has 0 bridgehead atoms. The maximum Gasteiger partial charge on any atom is 0.240 e. The summed E-state index contributed by atoms with van der Waals surface area (Å²) in [5.41, 5.74) is 0.586. The Balaban J connectivity index is 1.35. The van der Waals surface area contributed by atoms with Crippen LogP contribution in [0.3, 0.4) is 0 Å². The second-order valence-corrected chi connectivity index (χ2v) is 7.72. The van der Waals surface area contributed by atoms with Gasteiger partial charge in [-0.15, -0.1) is 0 Å². The van der Waals surface area contributed by atoms with Gasteiger partial charge < -0.3 is 10.1 Å². The smallest absolute Gasteiger partial charge is 0.240 e. The molecule has 5 nitrogen and oxygen atoms in total. The van der Waals surface area contributed by atoms with Gasteiger partial charge in [-0.2, -0.15) is 0 Å². The van der Waals surface area contributed by atoms with Gasteiger partial charge in [0.15, 0.2) is 0 Å². The summed E-state index contributed by atoms with van der Waals surface area (Å²) in [6.07, 6.45) is 9.75. The maximum absolute atomic E-state index is 13.1. The predicted octanol–water partition coefficient (Wildman–Crippen LogP) is 3.53. The molecule has 1 N–H and O–H groups in total. The van der Waals surface area contributed by atoms with Crippen molar-refractivity contribution in [3.63, 3.8) is 0 Å². The fourth-order valence-electron chi connectivity index (χ4n) is 4.65. The summed E-state index contributed by atoms with van der Waals surface area (Å²) in [6, 6.07) is 9.89. The Morgan fingerprint density at radius 2 is 1.85 bits per heavy atom. The molecule has 1 aliphatic heterocycles. The first kappa shape index (κ1) is 18.2. The maximum atomic E-state index is 13.1. The number of amides is 1. The van der Waals surface area contributed by atoms with Crippen LogP contribution in [0.15, 0.2) is 36.5 Å². The third-order valence-electron chi connectivity index (χ3n) is 6.06. The van der Waals surface area contributed by atoms with E-state index in [1.165, 1.54) is 19.3 Å². The minimum Gasteiger partial charge on any atom is -0.489 e. The van der Waals surface area contributed by atoms with E-state index in [2.05, 4.69) is 15.2 Å². The number of ether oxygens (including phenoxy) is 1. The van der Waals surface area contributed by atoms with Gasteiger partial charge in [0.1, 0.15) is 23.4 Å². The molecule has 2 aliphatic rings. The van der Waals surface area contributed by atoms with E-state index >= 15 is 0 Å². The molecule has 1 saturated carbocycles. The molecule has 2 fully saturated rings. The number of likely N-dealkylation sites (tertiary alicyclic amines) is 1. The molecule has 0 spiro atoms. The standard InChI is InChI=1S/C22H29N3O2/c26-21(22(11-2-1-3-12-22)25-15-4-5-16-25)24-14-17-27-19-10-6-8-18-9-7-13-23-20(18)19/h6-10,13H,1-5,11-12,14-17H2,(H,24,26). The van der Waals surface area contributed by atoms with Crippen molar-refractivity contribution in [2.45, 2.75) is 50.5 Å². The van der Waals surface area contributed by atoms with E-state index in [-0.39, 0.29) is 11.4 Å². The van der Waals surface area contributed by atoms with Gasteiger partial charge in [0.25, 0.3) is 0 Å². The Morgan fingerprint density at radius 3 is 2.67 bits per heavy atom. The van der Waals surface area contributed by atoms with E-state index in [4.69, 9.17) is 4.74 Å². The highest BCUT2D eigenvalue weighted by atomic mass is 16.5. The Kier molecular flexibility index (Phi) is 5.58. The zero-order valence-corrected chi connectivity index (χ0v) is 16.0. The van der Waals surface area contributed by atoms with Crippen molar-refractivity contribution in [2.75, 3.05) is 26.2 Å². The molecular weight excluding hydrogens is 338 g/mol. The summed E-state index contributed by atoms with van der Waals surface area (Å²) in [5, 5.41) is 4.23. The quantitative estimate of drug-likeness (QED) is 0.794. The van der Waals surface area contributed by atoms with E-state index in [1.54, 1.807) is 6.20 Å². The number of pyridine rings is 1. The number of rotatable bonds is 6. The molecule has 144 valence electrons. The Hall–Kier alpha value is -2.14. The van der Waals surface area contributed by atoms with Crippen LogP contribution in [0.2, 0.25) is 0 Å². The number of para-hydroxylation sites is 1. The van der Waals surface area contributed by atoms with Crippen molar-refractivity contribution in [1.82, 2.24) is 15.2 Å². The largest absolute Gasteiger partial charge is 0.489 e. The van der Waals surface area contributed by atoms with Crippen molar-refractivity contribution >= 4 is 16.8 Å². The lowest BCUT2D eigenvalue weighted by Gasteiger charge is -2.43. The number of nitrogens with zero attached hydrogens (tertiary/aromatic N) is 2. The summed E-state index contributed by atoms with van der Waals surface area (Å²) < 4.78 is 5.92. The van der Waals surface area contributed by atoms with Crippen molar-refractivity contribution in [2.24, 2.45) is 0 Å². The molecule has 2 aromatic rings. The average molecular weight is 367 g/mol. The Bertz CT molecular complexity index is 775. The zero-order valence-electron chi connectivity index (χ0n) is 16.0. The monoisotopic (exact) mass is 367 g/mol. The van der Waals surface area contributed by atoms with Crippen LogP contribution in [-0.2, 0) is 4.79 Å². The fraction of sp³-hybridized carbons (Fsp3) is 0.545. The summed E-state index contributed by atoms with van der Waals surface area (Å²) in [6.45, 7) is 3.10. The zero-order chi connectivity index (χ0) is 18.5. The van der Waals surface area contributed by atoms with Crippen LogP contribution in [0.25, 0.3) is 10.9 Å². The first-order valence-electron chi connectivity index (χ1n) is 10.3. The molecule has 4 rings (SSSR count). The van der Waals surface area contributed by atoms with Crippen LogP contribution in [-0.4, -0.2) is 47.6 Å². The van der Waals surface area contributed by atoms with Crippen molar-refractivity contribution in [1.29, 1.82) is 0 Å². The first-order chi connectivity index (χ1) is 13.3. The summed E-state index contributed by atoms with van der Waals surface area (Å²) >= 11 is 0. The van der Waals surface area contributed by atoms with Crippen LogP contribution < -0.4 is 10.1 Å². The lowest BCUT2D eigenvalue weighted by atomic mass is 9.79. The van der Waals surface area contributed by atoms with Gasteiger partial charge in [-0.25, -0.2) is 0 Å². The van der Waals surface area contributed by atoms with Gasteiger partial charge >= 0.3 is 0 Å². The molecule has 0 radical (unpaired) electrons. The number of nitrogens with one attached hydrogen (secondary N) is 1. The molecule has 0 unspecified atom stereocenters. The highest BCUT2D eigenvalue weighted by Crippen LogP contribution is 2.36. The van der Waals surface area contributed by atoms with Crippen LogP contribution in [0.1, 0.15) is 44.9 Å². The molecule has 2 heterocycles. The Labute approximate surface area is 161 Å². The van der Waals surface area contributed by atoms with Crippen LogP contribution >= 0.6 is 0 Å². The molecule has 1 aromatic carbocycles. The average Bonchev–Trinajstić information content (AvgIpc) is 3.27. The SMILES string of the molecule is O=C(NCCOc1cccc2cccnc12)C1(N2CCCC2)CCCCC1. The third kappa shape index (κ3) is 3.79. The number of hydrogen-bond acceptors (Lipinski definition) is 4. The van der Waals surface area contributed by atoms with E-state index < -0.39 is 0 Å². The number of aromatic nitrogens is 1. The fourth-order valence-corrected chi connectivity index (χ4v) is 4.65. The third-order valence-corrected chi connectivity index (χ3v) is 6.06. The number of carbonyl (C=O) groups is 1. The Morgan fingerprint density at radius 1 is 1.07 bits per heavy atom. The van der Waals surface area contributed by atoms with E-state index in [1.807, 2.05) is 30.3 Å². The van der Waals surface area contributed by atoms with Gasteiger partial charge in [0.2, 0.25) is 5.91 Å². The lowest BCUT2D eigenvalue weighted by molar-refractivity contribution is -0.135. The van der Waals surface area contributed by atoms with Gasteiger partial charge in [0, 0.05) is 11.6 Å². The normalized spacial score (nSPS) is 19.9. The predicted molar refractivity (Wildman–Crippen MR) is 107 cm³/mol. The molecule has 1 saturated heterocycles. The molecule has 1 aliphatic carbocycles. The highest BCUT2D eigenvalue weighted by Gasteiger charge is 2.45. The molecule has 1 aromatic heterocycles. The van der Waals surface area contributed by atoms with Gasteiger partial charge in [-0.1, -0.05) is 37.5 Å². The molecule has 5 heteroatoms. The molecule has 1 amide bonds. The highest BCUT2D eigenvalue weighted by molar-refractivity contribution is 5.86. The number of carbonyl (C=O) groups excluding carboxylic acids is 1. The van der Waals surface area contributed by atoms with Crippen molar-refractivity contribution in [3.05, 3.63) is 36.5 Å². The van der Waals surface area contributed by atoms with E-state index in [0.717, 1.165) is 55.4 Å². The first-order valence-corrected chi connectivity index (χ1v) is 10.3. The minimum absolute atomic E-state index is 0.198. The van der Waals surface area contributed by atoms with Crippen LogP contribution in [0.5, 0.6) is 5.75 Å². The number of benzene rings is 1. The van der Waals surface area contributed by atoms with E-state index in [9.17, 15) is 4.79 Å². The summed E-state index contributed by atoms with van der Waals surface area (Å²) in [7, 11) is 0. The summed E-state index contributed by atoms with van der Waals surface area (Å²) in [4.78, 5) is 20.0. The summed E-state index contributed by atoms with van der Waals surface area (Å²) in [5.74, 6) is 0.970. The molecular formula is C22H29N3O2. The second kappa shape index (κ2) is 8.26. The van der Waals surface area contributed by atoms with E-state index in [0.29, 0.717) is 13.2 Å². The van der Waals surface area contributed by atoms with Gasteiger partial charge in [-0.05, 0) is 50.9 Å². The number of fused-ring (bicyclic) bond motifs is 1. The topological polar surface area (TPSA) is 54.5 Å². The molecule has 0 atom stereocenters. The van der Waals surface area contributed by atoms with Crippen molar-refractivity contribution < 1.29 is 9.53 Å². The second-order valence-electron chi connectivity index (χ2n) is 7.72. The molecule has 27 heavy (non-hydrogen) atoms. The van der Waals surface area contributed by atoms with Crippen molar-refractivity contribution in [3.8, 4) is 5.75 Å². The number of hydrogen-bond donors (Lipinski definition) is 1. The van der Waals surface area contributed by atoms with Crippen LogP contribution in [0.4, 0.5) is 0 Å².